The van der Waals surface area contributed by atoms with Crippen molar-refractivity contribution in [1.82, 2.24) is 9.97 Å². The third-order valence-electron chi connectivity index (χ3n) is 2.49. The quantitative estimate of drug-likeness (QED) is 0.841. The molecule has 0 atom stereocenters. The summed E-state index contributed by atoms with van der Waals surface area (Å²) in [5, 5.41) is 1.26. The van der Waals surface area contributed by atoms with E-state index in [4.69, 9.17) is 5.73 Å². The highest BCUT2D eigenvalue weighted by Crippen LogP contribution is 2.43. The first-order valence-corrected chi connectivity index (χ1v) is 5.81. The molecule has 3 rings (SSSR count). The van der Waals surface area contributed by atoms with E-state index in [0.717, 1.165) is 16.4 Å². The zero-order valence-corrected chi connectivity index (χ0v) is 9.00. The van der Waals surface area contributed by atoms with Gasteiger partial charge in [-0.2, -0.15) is 0 Å². The standard InChI is InChI=1S/C11H11N3S/c12-9-3-8(4-13-5-9)10-6-14-11(15-10)7-1-2-7/h3-7H,1-2,12H2. The van der Waals surface area contributed by atoms with Crippen LogP contribution in [-0.4, -0.2) is 9.97 Å². The molecule has 2 heterocycles. The molecular formula is C11H11N3S. The van der Waals surface area contributed by atoms with Gasteiger partial charge in [0, 0.05) is 30.1 Å². The second kappa shape index (κ2) is 3.31. The van der Waals surface area contributed by atoms with Crippen LogP contribution in [0.1, 0.15) is 23.8 Å². The number of anilines is 1. The average Bonchev–Trinajstić information content (AvgIpc) is 2.97. The van der Waals surface area contributed by atoms with Gasteiger partial charge < -0.3 is 5.73 Å². The summed E-state index contributed by atoms with van der Waals surface area (Å²) in [6.07, 6.45) is 8.01. The molecule has 0 radical (unpaired) electrons. The first-order valence-electron chi connectivity index (χ1n) is 4.99. The third kappa shape index (κ3) is 1.72. The van der Waals surface area contributed by atoms with E-state index >= 15 is 0 Å². The average molecular weight is 217 g/mol. The van der Waals surface area contributed by atoms with Crippen molar-refractivity contribution in [3.05, 3.63) is 29.7 Å². The lowest BCUT2D eigenvalue weighted by molar-refractivity contribution is 1.08. The van der Waals surface area contributed by atoms with Crippen molar-refractivity contribution in [2.45, 2.75) is 18.8 Å². The predicted octanol–water partition coefficient (Wildman–Crippen LogP) is 2.66. The minimum absolute atomic E-state index is 0.703. The molecule has 1 fully saturated rings. The molecule has 0 aromatic carbocycles. The maximum atomic E-state index is 5.70. The summed E-state index contributed by atoms with van der Waals surface area (Å²) in [5.41, 5.74) is 7.47. The molecule has 1 aliphatic carbocycles. The van der Waals surface area contributed by atoms with Gasteiger partial charge in [-0.15, -0.1) is 11.3 Å². The Labute approximate surface area is 92.0 Å². The number of nitrogens with two attached hydrogens (primary N) is 1. The molecule has 2 aromatic heterocycles. The van der Waals surface area contributed by atoms with Gasteiger partial charge in [0.1, 0.15) is 0 Å². The third-order valence-corrected chi connectivity index (χ3v) is 3.70. The van der Waals surface area contributed by atoms with Gasteiger partial charge in [-0.1, -0.05) is 0 Å². The van der Waals surface area contributed by atoms with E-state index < -0.39 is 0 Å². The van der Waals surface area contributed by atoms with E-state index in [0.29, 0.717) is 5.69 Å². The van der Waals surface area contributed by atoms with Gasteiger partial charge in [-0.05, 0) is 18.9 Å². The van der Waals surface area contributed by atoms with Gasteiger partial charge in [-0.25, -0.2) is 4.98 Å². The van der Waals surface area contributed by atoms with Crippen molar-refractivity contribution >= 4 is 17.0 Å². The lowest BCUT2D eigenvalue weighted by Gasteiger charge is -1.96. The number of pyridine rings is 1. The molecule has 0 spiro atoms. The molecule has 1 saturated carbocycles. The molecule has 76 valence electrons. The predicted molar refractivity (Wildman–Crippen MR) is 61.7 cm³/mol. The molecule has 2 aromatic rings. The van der Waals surface area contributed by atoms with E-state index in [1.807, 2.05) is 18.5 Å². The monoisotopic (exact) mass is 217 g/mol. The van der Waals surface area contributed by atoms with Crippen molar-refractivity contribution in [2.75, 3.05) is 5.73 Å². The highest BCUT2D eigenvalue weighted by molar-refractivity contribution is 7.15. The van der Waals surface area contributed by atoms with Crippen LogP contribution in [0.2, 0.25) is 0 Å². The summed E-state index contributed by atoms with van der Waals surface area (Å²) in [6.45, 7) is 0. The number of rotatable bonds is 2. The summed E-state index contributed by atoms with van der Waals surface area (Å²) >= 11 is 1.76. The Kier molecular flexibility index (Phi) is 1.95. The highest BCUT2D eigenvalue weighted by atomic mass is 32.1. The SMILES string of the molecule is Nc1cncc(-c2cnc(C3CC3)s2)c1. The maximum Gasteiger partial charge on any atom is 0.0962 e. The first-order chi connectivity index (χ1) is 7.33. The Morgan fingerprint density at radius 2 is 2.13 bits per heavy atom. The van der Waals surface area contributed by atoms with Crippen molar-refractivity contribution in [3.8, 4) is 10.4 Å². The van der Waals surface area contributed by atoms with E-state index in [-0.39, 0.29) is 0 Å². The Morgan fingerprint density at radius 3 is 2.87 bits per heavy atom. The summed E-state index contributed by atoms with van der Waals surface area (Å²) in [6, 6.07) is 1.94. The lowest BCUT2D eigenvalue weighted by Crippen LogP contribution is -1.86. The molecule has 1 aliphatic rings. The molecule has 15 heavy (non-hydrogen) atoms. The molecule has 4 heteroatoms. The molecule has 0 aliphatic heterocycles. The van der Waals surface area contributed by atoms with Crippen LogP contribution in [0.25, 0.3) is 10.4 Å². The molecular weight excluding hydrogens is 206 g/mol. The fraction of sp³-hybridized carbons (Fsp3) is 0.273. The van der Waals surface area contributed by atoms with Crippen molar-refractivity contribution in [2.24, 2.45) is 0 Å². The van der Waals surface area contributed by atoms with Crippen LogP contribution >= 0.6 is 11.3 Å². The zero-order chi connectivity index (χ0) is 10.3. The minimum atomic E-state index is 0.703. The number of hydrogen-bond donors (Lipinski definition) is 1. The molecule has 0 saturated heterocycles. The van der Waals surface area contributed by atoms with E-state index in [1.54, 1.807) is 17.5 Å². The molecule has 0 unspecified atom stereocenters. The lowest BCUT2D eigenvalue weighted by atomic mass is 10.2. The smallest absolute Gasteiger partial charge is 0.0962 e. The van der Waals surface area contributed by atoms with Gasteiger partial charge in [0.2, 0.25) is 0 Å². The first kappa shape index (κ1) is 8.85. The molecule has 2 N–H and O–H groups in total. The second-order valence-electron chi connectivity index (χ2n) is 3.84. The summed E-state index contributed by atoms with van der Waals surface area (Å²) in [4.78, 5) is 9.68. The summed E-state index contributed by atoms with van der Waals surface area (Å²) in [7, 11) is 0. The Balaban J connectivity index is 1.97. The number of hydrogen-bond acceptors (Lipinski definition) is 4. The van der Waals surface area contributed by atoms with Gasteiger partial charge in [-0.3, -0.25) is 4.98 Å². The highest BCUT2D eigenvalue weighted by Gasteiger charge is 2.26. The van der Waals surface area contributed by atoms with E-state index in [9.17, 15) is 0 Å². The summed E-state index contributed by atoms with van der Waals surface area (Å²) in [5.74, 6) is 0.720. The number of thiazole rings is 1. The fourth-order valence-corrected chi connectivity index (χ4v) is 2.60. The van der Waals surface area contributed by atoms with Gasteiger partial charge in [0.15, 0.2) is 0 Å². The number of aromatic nitrogens is 2. The second-order valence-corrected chi connectivity index (χ2v) is 4.91. The number of nitrogen functional groups attached to an aromatic ring is 1. The molecule has 0 amide bonds. The Hall–Kier alpha value is -1.42. The van der Waals surface area contributed by atoms with Crippen LogP contribution in [-0.2, 0) is 0 Å². The fourth-order valence-electron chi connectivity index (χ4n) is 1.53. The zero-order valence-electron chi connectivity index (χ0n) is 8.18. The van der Waals surface area contributed by atoms with Crippen LogP contribution in [0.4, 0.5) is 5.69 Å². The summed E-state index contributed by atoms with van der Waals surface area (Å²) < 4.78 is 0. The normalized spacial score (nSPS) is 15.5. The van der Waals surface area contributed by atoms with Crippen LogP contribution in [0.15, 0.2) is 24.7 Å². The molecule has 0 bridgehead atoms. The van der Waals surface area contributed by atoms with Crippen LogP contribution < -0.4 is 5.73 Å². The largest absolute Gasteiger partial charge is 0.397 e. The van der Waals surface area contributed by atoms with E-state index in [2.05, 4.69) is 9.97 Å². The van der Waals surface area contributed by atoms with Gasteiger partial charge >= 0.3 is 0 Å². The van der Waals surface area contributed by atoms with Crippen LogP contribution in [0.3, 0.4) is 0 Å². The number of nitrogens with zero attached hydrogens (tertiary/aromatic N) is 2. The Bertz CT molecular complexity index is 488. The Morgan fingerprint density at radius 1 is 1.27 bits per heavy atom. The van der Waals surface area contributed by atoms with Gasteiger partial charge in [0.05, 0.1) is 15.6 Å². The van der Waals surface area contributed by atoms with Crippen molar-refractivity contribution in [3.63, 3.8) is 0 Å². The minimum Gasteiger partial charge on any atom is -0.397 e. The van der Waals surface area contributed by atoms with Crippen molar-refractivity contribution < 1.29 is 0 Å². The molecule has 3 nitrogen and oxygen atoms in total. The van der Waals surface area contributed by atoms with Crippen LogP contribution in [0, 0.1) is 0 Å². The van der Waals surface area contributed by atoms with Gasteiger partial charge in [0.25, 0.3) is 0 Å². The van der Waals surface area contributed by atoms with Crippen molar-refractivity contribution in [1.29, 1.82) is 0 Å². The van der Waals surface area contributed by atoms with E-state index in [1.165, 1.54) is 17.8 Å². The maximum absolute atomic E-state index is 5.70. The van der Waals surface area contributed by atoms with Crippen LogP contribution in [0.5, 0.6) is 0 Å². The topological polar surface area (TPSA) is 51.8 Å².